The van der Waals surface area contributed by atoms with Gasteiger partial charge >= 0.3 is 5.69 Å². The number of aromatic nitrogens is 2. The Balaban J connectivity index is 1.57. The Morgan fingerprint density at radius 3 is 2.68 bits per heavy atom. The van der Waals surface area contributed by atoms with Crippen LogP contribution >= 0.6 is 27.5 Å². The number of aromatic amines is 1. The van der Waals surface area contributed by atoms with Crippen LogP contribution in [0.3, 0.4) is 0 Å². The SMILES string of the molecule is CN(C)CCC1CCN(C)c2cccc(NC(=O)c3[nH]nc(NC(=O)c4ccccc4Cl)c3Br)c2[N+]1=O. The number of halogens is 2. The maximum absolute atomic E-state index is 13.5. The Morgan fingerprint density at radius 2 is 1.95 bits per heavy atom. The molecule has 3 N–H and O–H groups in total. The lowest BCUT2D eigenvalue weighted by Gasteiger charge is -2.16. The van der Waals surface area contributed by atoms with Crippen LogP contribution < -0.4 is 15.5 Å². The smallest absolute Gasteiger partial charge is 0.302 e. The van der Waals surface area contributed by atoms with Gasteiger partial charge in [0.05, 0.1) is 15.1 Å². The van der Waals surface area contributed by atoms with E-state index < -0.39 is 11.8 Å². The fourth-order valence-corrected chi connectivity index (χ4v) is 4.85. The number of amides is 2. The molecule has 0 saturated carbocycles. The third kappa shape index (κ3) is 5.84. The van der Waals surface area contributed by atoms with Crippen molar-refractivity contribution in [3.63, 3.8) is 0 Å². The second-order valence-corrected chi connectivity index (χ2v) is 10.3. The first kappa shape index (κ1) is 26.8. The highest BCUT2D eigenvalue weighted by atomic mass is 79.9. The van der Waals surface area contributed by atoms with Gasteiger partial charge in [0.1, 0.15) is 17.1 Å². The average Bonchev–Trinajstić information content (AvgIpc) is 3.17. The summed E-state index contributed by atoms with van der Waals surface area (Å²) in [6.07, 6.45) is 1.41. The van der Waals surface area contributed by atoms with Gasteiger partial charge in [-0.05, 0) is 54.3 Å². The molecular formula is C25H28BrClN7O3+. The number of fused-ring (bicyclic) bond motifs is 1. The van der Waals surface area contributed by atoms with Gasteiger partial charge in [-0.2, -0.15) is 5.10 Å². The first-order valence-electron chi connectivity index (χ1n) is 11.7. The number of rotatable bonds is 7. The largest absolute Gasteiger partial charge is 0.369 e. The summed E-state index contributed by atoms with van der Waals surface area (Å²) in [5.41, 5.74) is 1.93. The second-order valence-electron chi connectivity index (χ2n) is 9.10. The second kappa shape index (κ2) is 11.4. The summed E-state index contributed by atoms with van der Waals surface area (Å²) >= 11 is 9.46. The Kier molecular flexibility index (Phi) is 8.25. The van der Waals surface area contributed by atoms with Crippen LogP contribution in [-0.2, 0) is 0 Å². The van der Waals surface area contributed by atoms with Crippen molar-refractivity contribution in [1.82, 2.24) is 15.1 Å². The number of para-hydroxylation sites is 1. The lowest BCUT2D eigenvalue weighted by Crippen LogP contribution is -2.27. The molecule has 2 heterocycles. The molecule has 2 amide bonds. The highest BCUT2D eigenvalue weighted by Gasteiger charge is 2.37. The highest BCUT2D eigenvalue weighted by Crippen LogP contribution is 2.39. The monoisotopic (exact) mass is 588 g/mol. The van der Waals surface area contributed by atoms with Gasteiger partial charge in [0.25, 0.3) is 11.8 Å². The maximum atomic E-state index is 13.5. The normalized spacial score (nSPS) is 15.4. The Labute approximate surface area is 228 Å². The van der Waals surface area contributed by atoms with Gasteiger partial charge in [0.15, 0.2) is 5.82 Å². The molecule has 194 valence electrons. The number of hydrogen-bond acceptors (Lipinski definition) is 6. The van der Waals surface area contributed by atoms with Gasteiger partial charge < -0.3 is 20.4 Å². The molecule has 1 aliphatic rings. The zero-order valence-electron chi connectivity index (χ0n) is 20.7. The molecule has 1 atom stereocenters. The first-order valence-corrected chi connectivity index (χ1v) is 12.9. The molecule has 0 saturated heterocycles. The predicted octanol–water partition coefficient (Wildman–Crippen LogP) is 4.90. The van der Waals surface area contributed by atoms with E-state index in [2.05, 4.69) is 41.7 Å². The highest BCUT2D eigenvalue weighted by molar-refractivity contribution is 9.10. The van der Waals surface area contributed by atoms with E-state index in [0.717, 1.165) is 23.5 Å². The minimum Gasteiger partial charge on any atom is -0.369 e. The van der Waals surface area contributed by atoms with E-state index in [9.17, 15) is 14.5 Å². The molecule has 0 aliphatic carbocycles. The lowest BCUT2D eigenvalue weighted by atomic mass is 10.1. The van der Waals surface area contributed by atoms with Gasteiger partial charge in [0.2, 0.25) is 6.04 Å². The van der Waals surface area contributed by atoms with E-state index in [1.807, 2.05) is 32.1 Å². The van der Waals surface area contributed by atoms with Crippen LogP contribution in [0.15, 0.2) is 46.9 Å². The number of hydrogen-bond donors (Lipinski definition) is 3. The fraction of sp³-hybridized carbons (Fsp3) is 0.320. The van der Waals surface area contributed by atoms with Crippen molar-refractivity contribution in [3.05, 3.63) is 68.1 Å². The van der Waals surface area contributed by atoms with Gasteiger partial charge in [-0.1, -0.05) is 29.8 Å². The van der Waals surface area contributed by atoms with Crippen LogP contribution in [0.1, 0.15) is 33.7 Å². The molecule has 10 nitrogen and oxygen atoms in total. The fourth-order valence-electron chi connectivity index (χ4n) is 4.17. The van der Waals surface area contributed by atoms with Crippen molar-refractivity contribution in [3.8, 4) is 0 Å². The number of H-pyrrole nitrogens is 1. The molecule has 0 fully saturated rings. The molecule has 0 spiro atoms. The quantitative estimate of drug-likeness (QED) is 0.338. The molecule has 1 unspecified atom stereocenters. The first-order chi connectivity index (χ1) is 17.7. The molecular weight excluding hydrogens is 562 g/mol. The minimum absolute atomic E-state index is 0.0932. The molecule has 1 aromatic heterocycles. The Bertz CT molecular complexity index is 1340. The molecule has 1 aliphatic heterocycles. The van der Waals surface area contributed by atoms with Gasteiger partial charge in [-0.15, -0.1) is 0 Å². The zero-order chi connectivity index (χ0) is 26.7. The molecule has 37 heavy (non-hydrogen) atoms. The zero-order valence-corrected chi connectivity index (χ0v) is 23.1. The number of carbonyl (C=O) groups excluding carboxylic acids is 2. The van der Waals surface area contributed by atoms with E-state index in [0.29, 0.717) is 29.2 Å². The summed E-state index contributed by atoms with van der Waals surface area (Å²) in [6, 6.07) is 11.8. The van der Waals surface area contributed by atoms with E-state index in [4.69, 9.17) is 11.6 Å². The third-order valence-electron chi connectivity index (χ3n) is 6.22. The Hall–Kier alpha value is -3.28. The van der Waals surface area contributed by atoms with Crippen LogP contribution in [-0.4, -0.2) is 71.9 Å². The molecule has 0 radical (unpaired) electrons. The maximum Gasteiger partial charge on any atom is 0.302 e. The Morgan fingerprint density at radius 1 is 1.19 bits per heavy atom. The minimum atomic E-state index is -0.517. The van der Waals surface area contributed by atoms with Crippen LogP contribution in [0.4, 0.5) is 22.9 Å². The molecule has 0 bridgehead atoms. The van der Waals surface area contributed by atoms with E-state index >= 15 is 0 Å². The number of carbonyl (C=O) groups is 2. The third-order valence-corrected chi connectivity index (χ3v) is 7.32. The van der Waals surface area contributed by atoms with E-state index in [-0.39, 0.29) is 27.6 Å². The van der Waals surface area contributed by atoms with Crippen LogP contribution in [0.25, 0.3) is 0 Å². The van der Waals surface area contributed by atoms with Crippen molar-refractivity contribution >= 4 is 62.2 Å². The number of nitrogens with zero attached hydrogens (tertiary/aromatic N) is 4. The molecule has 12 heteroatoms. The van der Waals surface area contributed by atoms with Crippen molar-refractivity contribution in [2.24, 2.45) is 0 Å². The summed E-state index contributed by atoms with van der Waals surface area (Å²) in [7, 11) is 5.89. The summed E-state index contributed by atoms with van der Waals surface area (Å²) in [5, 5.41) is 12.5. The summed E-state index contributed by atoms with van der Waals surface area (Å²) in [6.45, 7) is 1.50. The predicted molar refractivity (Wildman–Crippen MR) is 148 cm³/mol. The number of benzene rings is 2. The van der Waals surface area contributed by atoms with Crippen LogP contribution in [0.2, 0.25) is 5.02 Å². The van der Waals surface area contributed by atoms with Crippen LogP contribution in [0, 0.1) is 4.91 Å². The number of nitrogens with one attached hydrogen (secondary N) is 3. The van der Waals surface area contributed by atoms with Crippen molar-refractivity contribution in [2.75, 3.05) is 49.8 Å². The van der Waals surface area contributed by atoms with Gasteiger partial charge in [-0.25, -0.2) is 0 Å². The van der Waals surface area contributed by atoms with E-state index in [1.54, 1.807) is 36.4 Å². The summed E-state index contributed by atoms with van der Waals surface area (Å²) in [5.74, 6) is -0.848. The van der Waals surface area contributed by atoms with Crippen molar-refractivity contribution < 1.29 is 14.3 Å². The number of nitroso groups, excluding NO2 is 1. The topological polar surface area (TPSA) is 113 Å². The standard InChI is InChI=1S/C25H27BrClN7O3/c1-32(2)13-11-15-12-14-33(3)19-10-6-9-18(22(19)34(15)37)28-25(36)21-20(26)23(31-30-21)29-24(35)16-7-4-5-8-17(16)27/h4-10,15H,11-14H2,1-3H3,(H2-,28,29,30,31,35,36,37)/p+1. The van der Waals surface area contributed by atoms with Gasteiger partial charge in [-0.3, -0.25) is 14.7 Å². The van der Waals surface area contributed by atoms with Crippen molar-refractivity contribution in [2.45, 2.75) is 18.9 Å². The molecule has 2 aromatic carbocycles. The number of anilines is 3. The summed E-state index contributed by atoms with van der Waals surface area (Å²) in [4.78, 5) is 43.5. The van der Waals surface area contributed by atoms with E-state index in [1.165, 1.54) is 0 Å². The van der Waals surface area contributed by atoms with Gasteiger partial charge in [0, 0.05) is 42.6 Å². The lowest BCUT2D eigenvalue weighted by molar-refractivity contribution is -0.505. The van der Waals surface area contributed by atoms with Crippen molar-refractivity contribution in [1.29, 1.82) is 0 Å². The molecule has 4 rings (SSSR count). The summed E-state index contributed by atoms with van der Waals surface area (Å²) < 4.78 is 1.29. The molecule has 3 aromatic rings. The average molecular weight is 590 g/mol. The van der Waals surface area contributed by atoms with Crippen LogP contribution in [0.5, 0.6) is 0 Å².